The van der Waals surface area contributed by atoms with Gasteiger partial charge in [0, 0.05) is 19.0 Å². The van der Waals surface area contributed by atoms with Gasteiger partial charge in [0.2, 0.25) is 0 Å². The van der Waals surface area contributed by atoms with Crippen LogP contribution in [0.4, 0.5) is 0 Å². The molecule has 0 aromatic rings. The van der Waals surface area contributed by atoms with Crippen LogP contribution < -0.4 is 4.89 Å². The van der Waals surface area contributed by atoms with E-state index in [2.05, 4.69) is 11.1 Å². The lowest BCUT2D eigenvalue weighted by Gasteiger charge is -2.20. The van der Waals surface area contributed by atoms with Crippen molar-refractivity contribution < 1.29 is 23.6 Å². The van der Waals surface area contributed by atoms with Gasteiger partial charge in [0.1, 0.15) is 19.2 Å². The molecule has 1 fully saturated rings. The number of rotatable bonds is 7. The quantitative estimate of drug-likeness (QED) is 0.302. The third-order valence-electron chi connectivity index (χ3n) is 3.06. The van der Waals surface area contributed by atoms with Gasteiger partial charge in [-0.3, -0.25) is 9.59 Å². The van der Waals surface area contributed by atoms with Gasteiger partial charge in [0.15, 0.2) is 0 Å². The van der Waals surface area contributed by atoms with Crippen molar-refractivity contribution in [1.29, 1.82) is 0 Å². The van der Waals surface area contributed by atoms with Crippen LogP contribution in [0.2, 0.25) is 0 Å². The number of allylic oxidation sites excluding steroid dienone is 1. The number of Topliss-reactive ketones (excluding diaryl/α,β-unsaturated/α-hetero) is 2. The van der Waals surface area contributed by atoms with Crippen LogP contribution in [0.25, 0.3) is 0 Å². The van der Waals surface area contributed by atoms with Gasteiger partial charge in [-0.05, 0) is 18.8 Å². The normalized spacial score (nSPS) is 24.9. The molecule has 1 rings (SSSR count). The van der Waals surface area contributed by atoms with Gasteiger partial charge in [-0.15, -0.1) is 6.58 Å². The lowest BCUT2D eigenvalue weighted by Crippen LogP contribution is -2.17. The number of hydrogen-bond acceptors (Lipinski definition) is 5. The zero-order chi connectivity index (χ0) is 13.8. The van der Waals surface area contributed by atoms with Crippen LogP contribution >= 0.6 is 7.60 Å². The van der Waals surface area contributed by atoms with E-state index in [0.29, 0.717) is 12.8 Å². The fraction of sp³-hybridized carbons (Fsp3) is 0.667. The molecule has 3 unspecified atom stereocenters. The molecule has 102 valence electrons. The molecule has 0 aromatic heterocycles. The second-order valence-corrected chi connectivity index (χ2v) is 6.44. The number of ketones is 2. The lowest BCUT2D eigenvalue weighted by atomic mass is 9.87. The number of carbonyl (C=O) groups excluding carboxylic acids is 2. The summed E-state index contributed by atoms with van der Waals surface area (Å²) in [6.45, 7) is 4.80. The third-order valence-corrected chi connectivity index (χ3v) is 3.71. The van der Waals surface area contributed by atoms with Gasteiger partial charge in [0.05, 0.1) is 13.0 Å². The lowest BCUT2D eigenvalue weighted by molar-refractivity contribution is -0.196. The highest BCUT2D eigenvalue weighted by Crippen LogP contribution is 2.33. The second kappa shape index (κ2) is 6.41. The largest absolute Gasteiger partial charge is 0.779 e. The predicted molar refractivity (Wildman–Crippen MR) is 65.1 cm³/mol. The van der Waals surface area contributed by atoms with Gasteiger partial charge in [-0.2, -0.15) is 0 Å². The molecule has 0 aliphatic heterocycles. The van der Waals surface area contributed by atoms with Gasteiger partial charge in [0.25, 0.3) is 0 Å². The number of hydrogen-bond donors (Lipinski definition) is 0. The van der Waals surface area contributed by atoms with E-state index in [0.717, 1.165) is 6.66 Å². The van der Waals surface area contributed by atoms with Gasteiger partial charge < -0.3 is 14.0 Å². The first-order chi connectivity index (χ1) is 8.33. The molecule has 0 N–H and O–H groups in total. The Hall–Kier alpha value is -0.770. The average Bonchev–Trinajstić information content (AvgIpc) is 2.56. The molecular weight excluding hydrogens is 255 g/mol. The van der Waals surface area contributed by atoms with E-state index in [-0.39, 0.29) is 42.9 Å². The molecule has 3 atom stereocenters. The van der Waals surface area contributed by atoms with E-state index < -0.39 is 7.60 Å². The van der Waals surface area contributed by atoms with Gasteiger partial charge >= 0.3 is 0 Å². The maximum atomic E-state index is 11.6. The van der Waals surface area contributed by atoms with Crippen molar-refractivity contribution in [3.8, 4) is 0 Å². The van der Waals surface area contributed by atoms with Crippen molar-refractivity contribution in [2.45, 2.75) is 25.7 Å². The Morgan fingerprint density at radius 1 is 1.61 bits per heavy atom. The molecule has 0 aromatic carbocycles. The number of carbonyl (C=O) groups is 2. The highest BCUT2D eigenvalue weighted by molar-refractivity contribution is 7.50. The molecule has 0 saturated heterocycles. The summed E-state index contributed by atoms with van der Waals surface area (Å²) in [5, 5.41) is 0. The average molecular weight is 273 g/mol. The van der Waals surface area contributed by atoms with Crippen LogP contribution in [-0.2, 0) is 18.7 Å². The second-order valence-electron chi connectivity index (χ2n) is 4.64. The van der Waals surface area contributed by atoms with Crippen LogP contribution in [0, 0.1) is 11.8 Å². The standard InChI is InChI=1S/C12H19O5P/c1-3-9(5-4-6-17-18(2,15)16)11-7-10(13)8-12(11)14/h3,9,11H,1,4-8H2,2H3,(H,15,16)/p-1. The van der Waals surface area contributed by atoms with Crippen molar-refractivity contribution in [2.24, 2.45) is 11.8 Å². The van der Waals surface area contributed by atoms with Crippen LogP contribution in [0.5, 0.6) is 0 Å². The maximum Gasteiger partial charge on any atom is 0.144 e. The van der Waals surface area contributed by atoms with Gasteiger partial charge in [-0.1, -0.05) is 6.08 Å². The van der Waals surface area contributed by atoms with Crippen LogP contribution in [0.3, 0.4) is 0 Å². The summed E-state index contributed by atoms with van der Waals surface area (Å²) in [4.78, 5) is 33.6. The molecule has 0 heterocycles. The van der Waals surface area contributed by atoms with E-state index >= 15 is 0 Å². The minimum atomic E-state index is -3.68. The Bertz CT molecular complexity index is 384. The van der Waals surface area contributed by atoms with Crippen LogP contribution in [0.15, 0.2) is 12.7 Å². The highest BCUT2D eigenvalue weighted by Gasteiger charge is 2.35. The molecule has 1 aliphatic carbocycles. The molecule has 18 heavy (non-hydrogen) atoms. The summed E-state index contributed by atoms with van der Waals surface area (Å²) < 4.78 is 15.4. The molecule has 0 amide bonds. The Balaban J connectivity index is 2.39. The highest BCUT2D eigenvalue weighted by atomic mass is 31.2. The van der Waals surface area contributed by atoms with E-state index in [1.54, 1.807) is 6.08 Å². The van der Waals surface area contributed by atoms with Crippen molar-refractivity contribution in [2.75, 3.05) is 13.3 Å². The fourth-order valence-corrected chi connectivity index (χ4v) is 2.64. The smallest absolute Gasteiger partial charge is 0.144 e. The SMILES string of the molecule is C=CC(CCCOP(C)(=O)[O-])C1CC(=O)CC1=O. The van der Waals surface area contributed by atoms with E-state index in [4.69, 9.17) is 0 Å². The fourth-order valence-electron chi connectivity index (χ4n) is 2.18. The topological polar surface area (TPSA) is 83.5 Å². The first kappa shape index (κ1) is 15.3. The Morgan fingerprint density at radius 2 is 2.28 bits per heavy atom. The zero-order valence-corrected chi connectivity index (χ0v) is 11.4. The molecule has 5 nitrogen and oxygen atoms in total. The monoisotopic (exact) mass is 273 g/mol. The van der Waals surface area contributed by atoms with E-state index in [1.165, 1.54) is 0 Å². The maximum absolute atomic E-state index is 11.6. The summed E-state index contributed by atoms with van der Waals surface area (Å²) in [5.74, 6) is -0.410. The summed E-state index contributed by atoms with van der Waals surface area (Å²) in [6, 6.07) is 0. The Labute approximate surface area is 107 Å². The van der Waals surface area contributed by atoms with Crippen molar-refractivity contribution in [1.82, 2.24) is 0 Å². The molecule has 0 radical (unpaired) electrons. The van der Waals surface area contributed by atoms with Crippen LogP contribution in [-0.4, -0.2) is 24.8 Å². The summed E-state index contributed by atoms with van der Waals surface area (Å²) >= 11 is 0. The van der Waals surface area contributed by atoms with Crippen molar-refractivity contribution in [3.05, 3.63) is 12.7 Å². The first-order valence-electron chi connectivity index (χ1n) is 5.93. The zero-order valence-electron chi connectivity index (χ0n) is 10.5. The van der Waals surface area contributed by atoms with E-state index in [9.17, 15) is 19.0 Å². The Morgan fingerprint density at radius 3 is 2.72 bits per heavy atom. The first-order valence-corrected chi connectivity index (χ1v) is 7.92. The predicted octanol–water partition coefficient (Wildman–Crippen LogP) is 1.32. The molecular formula is C12H18O5P-. The minimum Gasteiger partial charge on any atom is -0.779 e. The summed E-state index contributed by atoms with van der Waals surface area (Å²) in [5.41, 5.74) is 0. The summed E-state index contributed by atoms with van der Waals surface area (Å²) in [6.07, 6.45) is 3.10. The van der Waals surface area contributed by atoms with Crippen molar-refractivity contribution in [3.63, 3.8) is 0 Å². The molecule has 0 bridgehead atoms. The third kappa shape index (κ3) is 4.84. The molecule has 6 heteroatoms. The Kier molecular flexibility index (Phi) is 5.45. The van der Waals surface area contributed by atoms with Crippen molar-refractivity contribution >= 4 is 19.2 Å². The minimum absolute atomic E-state index is 0.0225. The molecule has 1 aliphatic rings. The molecule has 0 spiro atoms. The van der Waals surface area contributed by atoms with E-state index in [1.807, 2.05) is 0 Å². The summed E-state index contributed by atoms with van der Waals surface area (Å²) in [7, 11) is -3.68. The molecule has 1 saturated carbocycles. The van der Waals surface area contributed by atoms with Gasteiger partial charge in [-0.25, -0.2) is 0 Å². The van der Waals surface area contributed by atoms with Crippen LogP contribution in [0.1, 0.15) is 25.7 Å².